The number of carbonyl (C=O) groups is 1. The fourth-order valence-corrected chi connectivity index (χ4v) is 4.03. The zero-order chi connectivity index (χ0) is 25.6. The largest absolute Gasteiger partial charge is 0.474 e. The molecule has 0 atom stereocenters. The summed E-state index contributed by atoms with van der Waals surface area (Å²) in [5.41, 5.74) is 1.88. The van der Waals surface area contributed by atoms with Crippen molar-refractivity contribution in [1.29, 1.82) is 0 Å². The second kappa shape index (κ2) is 11.0. The van der Waals surface area contributed by atoms with Gasteiger partial charge < -0.3 is 30.0 Å². The van der Waals surface area contributed by atoms with E-state index < -0.39 is 0 Å². The van der Waals surface area contributed by atoms with Gasteiger partial charge in [0.05, 0.1) is 5.69 Å². The number of rotatable bonds is 9. The normalized spacial score (nSPS) is 14.3. The smallest absolute Gasteiger partial charge is 0.256 e. The SMILES string of the molecule is C=CCNC(=O)c1cnc(Nc2ccc3nccn3c2)nc1Nc1cccc(OC2CCN(C)CC2)n1.[HH]. The zero-order valence-corrected chi connectivity index (χ0v) is 20.6. The number of fused-ring (bicyclic) bond motifs is 1. The van der Waals surface area contributed by atoms with E-state index in [1.54, 1.807) is 18.3 Å². The average molecular weight is 502 g/mol. The van der Waals surface area contributed by atoms with Gasteiger partial charge in [0.2, 0.25) is 11.8 Å². The maximum Gasteiger partial charge on any atom is 0.256 e. The van der Waals surface area contributed by atoms with Crippen molar-refractivity contribution in [2.24, 2.45) is 0 Å². The fourth-order valence-electron chi connectivity index (χ4n) is 4.03. The van der Waals surface area contributed by atoms with Crippen LogP contribution in [0.1, 0.15) is 24.6 Å². The molecule has 5 rings (SSSR count). The van der Waals surface area contributed by atoms with Crippen LogP contribution < -0.4 is 20.7 Å². The lowest BCUT2D eigenvalue weighted by molar-refractivity contribution is 0.0958. The van der Waals surface area contributed by atoms with Gasteiger partial charge in [-0.1, -0.05) is 12.1 Å². The monoisotopic (exact) mass is 501 g/mol. The quantitative estimate of drug-likeness (QED) is 0.295. The number of amides is 1. The molecular formula is C26H31N9O2. The molecule has 0 bridgehead atoms. The number of carbonyl (C=O) groups excluding carboxylic acids is 1. The standard InChI is InChI=1S/C26H29N9O2.H2/c1-3-11-28-25(36)20-16-29-26(30-18-7-8-22-27-12-15-35(22)17-18)33-24(20)32-21-5-4-6-23(31-21)37-19-9-13-34(2)14-10-19;/h3-8,12,15-17,19H,1,9-11,13-14H2,2H3,(H,28,36)(H2,29,30,31,32,33);1H. The van der Waals surface area contributed by atoms with Crippen LogP contribution in [0, 0.1) is 0 Å². The van der Waals surface area contributed by atoms with Gasteiger partial charge in [0.15, 0.2) is 0 Å². The summed E-state index contributed by atoms with van der Waals surface area (Å²) in [4.78, 5) is 32.9. The maximum absolute atomic E-state index is 12.8. The Hall–Kier alpha value is -4.51. The topological polar surface area (TPSA) is 122 Å². The summed E-state index contributed by atoms with van der Waals surface area (Å²) in [5.74, 6) is 1.34. The van der Waals surface area contributed by atoms with Gasteiger partial charge in [0.25, 0.3) is 5.91 Å². The van der Waals surface area contributed by atoms with E-state index in [9.17, 15) is 4.79 Å². The van der Waals surface area contributed by atoms with E-state index in [1.807, 2.05) is 41.1 Å². The van der Waals surface area contributed by atoms with Crippen molar-refractivity contribution < 1.29 is 11.0 Å². The fraction of sp³-hybridized carbons (Fsp3) is 0.269. The van der Waals surface area contributed by atoms with Gasteiger partial charge in [-0.25, -0.2) is 9.97 Å². The summed E-state index contributed by atoms with van der Waals surface area (Å²) in [6.07, 6.45) is 10.6. The first-order valence-corrected chi connectivity index (χ1v) is 12.1. The average Bonchev–Trinajstić information content (AvgIpc) is 3.37. The molecule has 1 saturated heterocycles. The van der Waals surface area contributed by atoms with Crippen LogP contribution in [0.5, 0.6) is 5.88 Å². The molecule has 3 N–H and O–H groups in total. The van der Waals surface area contributed by atoms with Gasteiger partial charge in [0.1, 0.15) is 29.0 Å². The number of nitrogens with one attached hydrogen (secondary N) is 3. The minimum Gasteiger partial charge on any atom is -0.474 e. The number of ether oxygens (including phenoxy) is 1. The Morgan fingerprint density at radius 1 is 1.19 bits per heavy atom. The molecule has 0 aliphatic carbocycles. The van der Waals surface area contributed by atoms with Crippen molar-refractivity contribution in [3.8, 4) is 5.88 Å². The van der Waals surface area contributed by atoms with Crippen molar-refractivity contribution >= 4 is 34.8 Å². The van der Waals surface area contributed by atoms with E-state index >= 15 is 0 Å². The third-order valence-corrected chi connectivity index (χ3v) is 6.01. The first-order valence-electron chi connectivity index (χ1n) is 12.1. The Balaban J connectivity index is 0.00000336. The molecule has 37 heavy (non-hydrogen) atoms. The van der Waals surface area contributed by atoms with E-state index in [4.69, 9.17) is 4.74 Å². The lowest BCUT2D eigenvalue weighted by Crippen LogP contribution is -2.35. The molecule has 0 saturated carbocycles. The second-order valence-electron chi connectivity index (χ2n) is 8.80. The van der Waals surface area contributed by atoms with Crippen LogP contribution in [0.2, 0.25) is 0 Å². The molecule has 5 heterocycles. The number of hydrogen-bond acceptors (Lipinski definition) is 9. The highest BCUT2D eigenvalue weighted by Gasteiger charge is 2.19. The number of piperidine rings is 1. The van der Waals surface area contributed by atoms with Crippen LogP contribution in [0.4, 0.5) is 23.3 Å². The lowest BCUT2D eigenvalue weighted by Gasteiger charge is -2.29. The summed E-state index contributed by atoms with van der Waals surface area (Å²) in [6.45, 7) is 5.97. The first-order chi connectivity index (χ1) is 18.1. The van der Waals surface area contributed by atoms with Gasteiger partial charge in [-0.3, -0.25) is 4.79 Å². The highest BCUT2D eigenvalue weighted by Crippen LogP contribution is 2.23. The number of pyridine rings is 2. The predicted octanol–water partition coefficient (Wildman–Crippen LogP) is 3.64. The molecular weight excluding hydrogens is 470 g/mol. The third-order valence-electron chi connectivity index (χ3n) is 6.01. The van der Waals surface area contributed by atoms with Crippen LogP contribution in [-0.4, -0.2) is 67.9 Å². The van der Waals surface area contributed by atoms with E-state index in [-0.39, 0.29) is 19.0 Å². The molecule has 1 aliphatic heterocycles. The molecule has 0 aromatic carbocycles. The number of imidazole rings is 1. The number of anilines is 4. The van der Waals surface area contributed by atoms with E-state index in [0.29, 0.717) is 30.0 Å². The van der Waals surface area contributed by atoms with Gasteiger partial charge >= 0.3 is 0 Å². The van der Waals surface area contributed by atoms with E-state index in [1.165, 1.54) is 6.20 Å². The Kier molecular flexibility index (Phi) is 7.22. The molecule has 192 valence electrons. The number of likely N-dealkylation sites (tertiary alicyclic amines) is 1. The molecule has 1 amide bonds. The summed E-state index contributed by atoms with van der Waals surface area (Å²) in [6, 6.07) is 9.26. The van der Waals surface area contributed by atoms with Gasteiger partial charge in [-0.05, 0) is 38.1 Å². The Morgan fingerprint density at radius 3 is 2.89 bits per heavy atom. The van der Waals surface area contributed by atoms with Crippen molar-refractivity contribution in [2.45, 2.75) is 18.9 Å². The minimum absolute atomic E-state index is 0. The third kappa shape index (κ3) is 6.01. The Bertz CT molecular complexity index is 1400. The summed E-state index contributed by atoms with van der Waals surface area (Å²) >= 11 is 0. The number of nitrogens with zero attached hydrogens (tertiary/aromatic N) is 6. The lowest BCUT2D eigenvalue weighted by atomic mass is 10.1. The van der Waals surface area contributed by atoms with Crippen LogP contribution in [0.25, 0.3) is 5.65 Å². The highest BCUT2D eigenvalue weighted by molar-refractivity contribution is 5.99. The van der Waals surface area contributed by atoms with E-state index in [0.717, 1.165) is 37.3 Å². The van der Waals surface area contributed by atoms with Gasteiger partial charge in [0, 0.05) is 51.9 Å². The van der Waals surface area contributed by atoms with Gasteiger partial charge in [-0.15, -0.1) is 6.58 Å². The summed E-state index contributed by atoms with van der Waals surface area (Å²) < 4.78 is 8.01. The second-order valence-corrected chi connectivity index (χ2v) is 8.80. The van der Waals surface area contributed by atoms with Crippen molar-refractivity contribution in [3.63, 3.8) is 0 Å². The Labute approximate surface area is 216 Å². The van der Waals surface area contributed by atoms with Crippen molar-refractivity contribution in [2.75, 3.05) is 37.3 Å². The van der Waals surface area contributed by atoms with Crippen LogP contribution in [0.15, 0.2) is 67.8 Å². The highest BCUT2D eigenvalue weighted by atomic mass is 16.5. The molecule has 1 aliphatic rings. The molecule has 1 fully saturated rings. The molecule has 4 aromatic rings. The van der Waals surface area contributed by atoms with Crippen LogP contribution >= 0.6 is 0 Å². The maximum atomic E-state index is 12.8. The molecule has 0 spiro atoms. The van der Waals surface area contributed by atoms with Crippen molar-refractivity contribution in [3.05, 3.63) is 73.3 Å². The number of aromatic nitrogens is 5. The molecule has 11 heteroatoms. The van der Waals surface area contributed by atoms with Crippen LogP contribution in [-0.2, 0) is 0 Å². The first kappa shape index (κ1) is 24.2. The molecule has 0 radical (unpaired) electrons. The van der Waals surface area contributed by atoms with E-state index in [2.05, 4.69) is 54.4 Å². The molecule has 11 nitrogen and oxygen atoms in total. The summed E-state index contributed by atoms with van der Waals surface area (Å²) in [5, 5.41) is 9.13. The summed E-state index contributed by atoms with van der Waals surface area (Å²) in [7, 11) is 2.11. The van der Waals surface area contributed by atoms with Crippen molar-refractivity contribution in [1.82, 2.24) is 34.6 Å². The Morgan fingerprint density at radius 2 is 2.05 bits per heavy atom. The van der Waals surface area contributed by atoms with Crippen LogP contribution in [0.3, 0.4) is 0 Å². The minimum atomic E-state index is -0.326. The zero-order valence-electron chi connectivity index (χ0n) is 20.6. The van der Waals surface area contributed by atoms with Gasteiger partial charge in [-0.2, -0.15) is 9.97 Å². The predicted molar refractivity (Wildman–Crippen MR) is 144 cm³/mol. The molecule has 4 aromatic heterocycles. The number of hydrogen-bond donors (Lipinski definition) is 3. The molecule has 0 unspecified atom stereocenters.